The summed E-state index contributed by atoms with van der Waals surface area (Å²) < 4.78 is 1.11. The van der Waals surface area contributed by atoms with Gasteiger partial charge in [-0.25, -0.2) is 4.79 Å². The van der Waals surface area contributed by atoms with E-state index in [4.69, 9.17) is 11.6 Å². The number of nitrogens with one attached hydrogen (secondary N) is 2. The van der Waals surface area contributed by atoms with E-state index in [2.05, 4.69) is 32.9 Å². The summed E-state index contributed by atoms with van der Waals surface area (Å²) in [7, 11) is 0. The lowest BCUT2D eigenvalue weighted by molar-refractivity contribution is -0.127. The van der Waals surface area contributed by atoms with E-state index in [0.717, 1.165) is 25.6 Å². The minimum absolute atomic E-state index is 0. The number of H-pyrrole nitrogens is 1. The molecule has 1 aromatic heterocycles. The number of rotatable bonds is 4. The van der Waals surface area contributed by atoms with Crippen molar-refractivity contribution in [2.45, 2.75) is 26.4 Å². The second-order valence-electron chi connectivity index (χ2n) is 6.23. The molecule has 2 heterocycles. The van der Waals surface area contributed by atoms with Crippen molar-refractivity contribution in [3.8, 4) is 0 Å². The molecule has 2 aromatic carbocycles. The average molecular weight is 496 g/mol. The zero-order valence-electron chi connectivity index (χ0n) is 13.6. The molecule has 0 saturated carbocycles. The standard InChI is InChI=1S/C19H15ClIN3O2.CH4/c20-15-3-1-2-14-12(9-22-17(14)15)8-16-18(25)24(19(26)23-16)10-11-4-6-13(21)7-5-11;/h1-7,9,16,22H,8,10H2,(H,23,26);1H4/t16-;/m1./s1. The average Bonchev–Trinajstić information content (AvgIpc) is 3.15. The van der Waals surface area contributed by atoms with E-state index < -0.39 is 6.04 Å². The molecular weight excluding hydrogens is 477 g/mol. The number of halogens is 2. The van der Waals surface area contributed by atoms with E-state index in [0.29, 0.717) is 11.4 Å². The van der Waals surface area contributed by atoms with Gasteiger partial charge in [-0.1, -0.05) is 43.3 Å². The minimum atomic E-state index is -0.565. The second-order valence-corrected chi connectivity index (χ2v) is 7.89. The molecule has 0 spiro atoms. The number of benzene rings is 2. The van der Waals surface area contributed by atoms with Gasteiger partial charge in [-0.2, -0.15) is 0 Å². The first kappa shape index (κ1) is 19.7. The lowest BCUT2D eigenvalue weighted by Crippen LogP contribution is -2.32. The number of carbonyl (C=O) groups is 2. The Bertz CT molecular complexity index is 1000. The maximum absolute atomic E-state index is 12.7. The van der Waals surface area contributed by atoms with Gasteiger partial charge < -0.3 is 10.3 Å². The molecule has 1 fully saturated rings. The highest BCUT2D eigenvalue weighted by molar-refractivity contribution is 14.1. The van der Waals surface area contributed by atoms with E-state index >= 15 is 0 Å². The Morgan fingerprint density at radius 3 is 2.59 bits per heavy atom. The van der Waals surface area contributed by atoms with Crippen LogP contribution in [0.2, 0.25) is 5.02 Å². The van der Waals surface area contributed by atoms with Gasteiger partial charge in [-0.05, 0) is 51.9 Å². The number of para-hydroxylation sites is 1. The van der Waals surface area contributed by atoms with Gasteiger partial charge in [-0.15, -0.1) is 0 Å². The van der Waals surface area contributed by atoms with Crippen LogP contribution in [0.5, 0.6) is 0 Å². The highest BCUT2D eigenvalue weighted by Gasteiger charge is 2.38. The summed E-state index contributed by atoms with van der Waals surface area (Å²) in [5.41, 5.74) is 2.72. The monoisotopic (exact) mass is 495 g/mol. The summed E-state index contributed by atoms with van der Waals surface area (Å²) >= 11 is 8.41. The lowest BCUT2D eigenvalue weighted by atomic mass is 10.0. The first-order valence-electron chi connectivity index (χ1n) is 8.14. The molecule has 7 heteroatoms. The largest absolute Gasteiger partial charge is 0.360 e. The number of urea groups is 1. The molecule has 3 amide bonds. The van der Waals surface area contributed by atoms with E-state index in [9.17, 15) is 9.59 Å². The molecule has 0 aliphatic carbocycles. The summed E-state index contributed by atoms with van der Waals surface area (Å²) in [5.74, 6) is -0.204. The molecule has 140 valence electrons. The van der Waals surface area contributed by atoms with Crippen molar-refractivity contribution in [3.63, 3.8) is 0 Å². The number of hydrogen-bond donors (Lipinski definition) is 2. The zero-order chi connectivity index (χ0) is 18.3. The summed E-state index contributed by atoms with van der Waals surface area (Å²) in [6.45, 7) is 0.276. The van der Waals surface area contributed by atoms with Crippen LogP contribution in [-0.4, -0.2) is 27.9 Å². The van der Waals surface area contributed by atoms with Gasteiger partial charge in [0.05, 0.1) is 17.1 Å². The van der Waals surface area contributed by atoms with Crippen molar-refractivity contribution >= 4 is 57.0 Å². The van der Waals surface area contributed by atoms with Gasteiger partial charge in [0.2, 0.25) is 0 Å². The Kier molecular flexibility index (Phi) is 5.76. The van der Waals surface area contributed by atoms with Crippen LogP contribution in [0, 0.1) is 3.57 Å². The second kappa shape index (κ2) is 7.90. The molecular formula is C20H19ClIN3O2. The van der Waals surface area contributed by atoms with Gasteiger partial charge in [0.25, 0.3) is 5.91 Å². The first-order valence-corrected chi connectivity index (χ1v) is 9.59. The predicted octanol–water partition coefficient (Wildman–Crippen LogP) is 4.73. The lowest BCUT2D eigenvalue weighted by Gasteiger charge is -2.13. The maximum atomic E-state index is 12.7. The third-order valence-electron chi connectivity index (χ3n) is 4.54. The normalized spacial score (nSPS) is 16.5. The van der Waals surface area contributed by atoms with E-state index in [1.54, 1.807) is 0 Å². The van der Waals surface area contributed by atoms with Crippen LogP contribution in [-0.2, 0) is 17.8 Å². The molecule has 0 bridgehead atoms. The van der Waals surface area contributed by atoms with Gasteiger partial charge >= 0.3 is 6.03 Å². The van der Waals surface area contributed by atoms with Crippen molar-refractivity contribution in [1.82, 2.24) is 15.2 Å². The van der Waals surface area contributed by atoms with Crippen LogP contribution < -0.4 is 5.32 Å². The summed E-state index contributed by atoms with van der Waals surface area (Å²) in [6, 6.07) is 12.5. The Balaban J connectivity index is 0.00000210. The minimum Gasteiger partial charge on any atom is -0.360 e. The number of aromatic amines is 1. The first-order chi connectivity index (χ1) is 12.5. The smallest absolute Gasteiger partial charge is 0.325 e. The predicted molar refractivity (Wildman–Crippen MR) is 116 cm³/mol. The fourth-order valence-corrected chi connectivity index (χ4v) is 3.79. The molecule has 5 nitrogen and oxygen atoms in total. The number of carbonyl (C=O) groups excluding carboxylic acids is 2. The molecule has 27 heavy (non-hydrogen) atoms. The van der Waals surface area contributed by atoms with Crippen molar-refractivity contribution in [2.24, 2.45) is 0 Å². The third-order valence-corrected chi connectivity index (χ3v) is 5.57. The topological polar surface area (TPSA) is 65.2 Å². The van der Waals surface area contributed by atoms with Crippen LogP contribution in [0.15, 0.2) is 48.7 Å². The molecule has 0 unspecified atom stereocenters. The molecule has 1 aliphatic heterocycles. The Hall–Kier alpha value is -2.06. The highest BCUT2D eigenvalue weighted by atomic mass is 127. The summed E-state index contributed by atoms with van der Waals surface area (Å²) in [5, 5.41) is 4.40. The molecule has 4 rings (SSSR count). The van der Waals surface area contributed by atoms with Crippen LogP contribution in [0.4, 0.5) is 4.79 Å². The quantitative estimate of drug-likeness (QED) is 0.406. The van der Waals surface area contributed by atoms with Crippen molar-refractivity contribution < 1.29 is 9.59 Å². The van der Waals surface area contributed by atoms with Crippen LogP contribution in [0.3, 0.4) is 0 Å². The van der Waals surface area contributed by atoms with E-state index in [1.807, 2.05) is 48.7 Å². The number of nitrogens with zero attached hydrogens (tertiary/aromatic N) is 1. The van der Waals surface area contributed by atoms with Gasteiger partial charge in [-0.3, -0.25) is 9.69 Å². The molecule has 1 saturated heterocycles. The maximum Gasteiger partial charge on any atom is 0.325 e. The Morgan fingerprint density at radius 2 is 1.85 bits per heavy atom. The number of fused-ring (bicyclic) bond motifs is 1. The fourth-order valence-electron chi connectivity index (χ4n) is 3.20. The Morgan fingerprint density at radius 1 is 1.11 bits per heavy atom. The van der Waals surface area contributed by atoms with Crippen LogP contribution in [0.25, 0.3) is 10.9 Å². The molecule has 0 radical (unpaired) electrons. The third kappa shape index (κ3) is 3.82. The van der Waals surface area contributed by atoms with Crippen LogP contribution >= 0.6 is 34.2 Å². The molecule has 1 atom stereocenters. The fraction of sp³-hybridized carbons (Fsp3) is 0.200. The number of amides is 3. The van der Waals surface area contributed by atoms with Gasteiger partial charge in [0.15, 0.2) is 0 Å². The SMILES string of the molecule is C.O=C1N[C@H](Cc2c[nH]c3c(Cl)cccc23)C(=O)N1Cc1ccc(I)cc1. The summed E-state index contributed by atoms with van der Waals surface area (Å²) in [4.78, 5) is 29.4. The van der Waals surface area contributed by atoms with E-state index in [1.165, 1.54) is 4.90 Å². The zero-order valence-corrected chi connectivity index (χ0v) is 16.5. The summed E-state index contributed by atoms with van der Waals surface area (Å²) in [6.07, 6.45) is 2.27. The molecule has 2 N–H and O–H groups in total. The Labute approximate surface area is 176 Å². The number of aromatic nitrogens is 1. The number of hydrogen-bond acceptors (Lipinski definition) is 2. The van der Waals surface area contributed by atoms with Crippen molar-refractivity contribution in [2.75, 3.05) is 0 Å². The molecule has 3 aromatic rings. The molecule has 1 aliphatic rings. The van der Waals surface area contributed by atoms with Crippen LogP contribution in [0.1, 0.15) is 18.6 Å². The van der Waals surface area contributed by atoms with Crippen molar-refractivity contribution in [1.29, 1.82) is 0 Å². The van der Waals surface area contributed by atoms with Gasteiger partial charge in [0, 0.05) is 21.6 Å². The number of imide groups is 1. The van der Waals surface area contributed by atoms with E-state index in [-0.39, 0.29) is 25.9 Å². The van der Waals surface area contributed by atoms with Crippen molar-refractivity contribution in [3.05, 3.63) is 68.4 Å². The van der Waals surface area contributed by atoms with Gasteiger partial charge in [0.1, 0.15) is 6.04 Å². The highest BCUT2D eigenvalue weighted by Crippen LogP contribution is 2.27.